The van der Waals surface area contributed by atoms with Crippen LogP contribution in [-0.4, -0.2) is 60.5 Å². The van der Waals surface area contributed by atoms with E-state index >= 15 is 0 Å². The fourth-order valence-corrected chi connectivity index (χ4v) is 3.73. The second kappa shape index (κ2) is 7.89. The summed E-state index contributed by atoms with van der Waals surface area (Å²) in [7, 11) is 3.94. The summed E-state index contributed by atoms with van der Waals surface area (Å²) >= 11 is 0. The molecule has 3 heterocycles. The van der Waals surface area contributed by atoms with Crippen molar-refractivity contribution in [2.24, 2.45) is 0 Å². The molecular formula is C19H26N6O2+2. The number of nitrogens with one attached hydrogen (secondary N) is 2. The largest absolute Gasteiger partial charge is 0.497 e. The number of tetrazole rings is 1. The van der Waals surface area contributed by atoms with Crippen molar-refractivity contribution < 1.29 is 19.0 Å². The maximum Gasteiger partial charge on any atom is 0.214 e. The summed E-state index contributed by atoms with van der Waals surface area (Å²) in [5.41, 5.74) is 1.20. The van der Waals surface area contributed by atoms with Crippen LogP contribution in [0.5, 0.6) is 5.75 Å². The highest BCUT2D eigenvalue weighted by molar-refractivity contribution is 5.30. The third-order valence-electron chi connectivity index (χ3n) is 5.31. The molecular weight excluding hydrogens is 344 g/mol. The highest BCUT2D eigenvalue weighted by atomic mass is 16.5. The van der Waals surface area contributed by atoms with Gasteiger partial charge in [-0.3, -0.25) is 0 Å². The lowest BCUT2D eigenvalue weighted by Crippen LogP contribution is -3.27. The van der Waals surface area contributed by atoms with E-state index in [-0.39, 0.29) is 6.04 Å². The van der Waals surface area contributed by atoms with Crippen molar-refractivity contribution in [3.8, 4) is 5.75 Å². The zero-order valence-electron chi connectivity index (χ0n) is 15.8. The van der Waals surface area contributed by atoms with Crippen molar-refractivity contribution in [3.63, 3.8) is 0 Å². The molecule has 0 radical (unpaired) electrons. The van der Waals surface area contributed by atoms with Gasteiger partial charge in [0, 0.05) is 5.56 Å². The number of benzene rings is 1. The maximum atomic E-state index is 5.49. The van der Waals surface area contributed by atoms with Crippen LogP contribution in [0.1, 0.15) is 23.2 Å². The third-order valence-corrected chi connectivity index (χ3v) is 5.31. The van der Waals surface area contributed by atoms with Gasteiger partial charge in [-0.15, -0.1) is 5.10 Å². The Morgan fingerprint density at radius 3 is 2.59 bits per heavy atom. The van der Waals surface area contributed by atoms with E-state index in [1.54, 1.807) is 18.3 Å². The Kier molecular flexibility index (Phi) is 5.17. The molecule has 1 aliphatic rings. The first-order chi connectivity index (χ1) is 13.2. The third kappa shape index (κ3) is 3.86. The van der Waals surface area contributed by atoms with Crippen molar-refractivity contribution in [3.05, 3.63) is 59.8 Å². The van der Waals surface area contributed by atoms with Crippen LogP contribution in [-0.2, 0) is 6.54 Å². The number of hydrogen-bond donors (Lipinski definition) is 2. The molecule has 3 aromatic rings. The SMILES string of the molecule is COc1ccc([C@H](c2nnnn2Cc2ccco2)[NH+]2CC[NH+](C)CC2)cc1. The summed E-state index contributed by atoms with van der Waals surface area (Å²) in [4.78, 5) is 3.06. The molecule has 0 unspecified atom stereocenters. The summed E-state index contributed by atoms with van der Waals surface area (Å²) in [5, 5.41) is 12.6. The smallest absolute Gasteiger partial charge is 0.214 e. The number of likely N-dealkylation sites (N-methyl/N-ethyl adjacent to an activating group) is 1. The van der Waals surface area contributed by atoms with Crippen molar-refractivity contribution in [2.75, 3.05) is 40.3 Å². The van der Waals surface area contributed by atoms with E-state index in [2.05, 4.69) is 34.7 Å². The van der Waals surface area contributed by atoms with E-state index in [1.165, 1.54) is 10.5 Å². The Bertz CT molecular complexity index is 837. The van der Waals surface area contributed by atoms with Crippen molar-refractivity contribution in [2.45, 2.75) is 12.6 Å². The monoisotopic (exact) mass is 370 g/mol. The van der Waals surface area contributed by atoms with Crippen molar-refractivity contribution >= 4 is 0 Å². The van der Waals surface area contributed by atoms with Crippen molar-refractivity contribution in [1.29, 1.82) is 0 Å². The van der Waals surface area contributed by atoms with E-state index in [4.69, 9.17) is 9.15 Å². The standard InChI is InChI=1S/C19H24N6O2/c1-23-9-11-24(12-10-23)18(15-5-7-16(26-2)8-6-15)19-20-21-22-25(19)14-17-4-3-13-27-17/h3-8,13,18H,9-12,14H2,1-2H3/p+2/t18-/m1/s1. The van der Waals surface area contributed by atoms with Gasteiger partial charge in [0.25, 0.3) is 0 Å². The molecule has 142 valence electrons. The van der Waals surface area contributed by atoms with Gasteiger partial charge in [-0.25, -0.2) is 4.68 Å². The Morgan fingerprint density at radius 2 is 1.93 bits per heavy atom. The highest BCUT2D eigenvalue weighted by Gasteiger charge is 2.34. The lowest BCUT2D eigenvalue weighted by molar-refractivity contribution is -1.02. The fourth-order valence-electron chi connectivity index (χ4n) is 3.73. The molecule has 8 nitrogen and oxygen atoms in total. The van der Waals surface area contributed by atoms with Gasteiger partial charge in [0.1, 0.15) is 44.2 Å². The predicted octanol–water partition coefficient (Wildman–Crippen LogP) is -1.17. The van der Waals surface area contributed by atoms with Gasteiger partial charge in [0.2, 0.25) is 5.82 Å². The highest BCUT2D eigenvalue weighted by Crippen LogP contribution is 2.21. The molecule has 0 amide bonds. The molecule has 0 aliphatic carbocycles. The van der Waals surface area contributed by atoms with E-state index in [0.717, 1.165) is 43.5 Å². The average Bonchev–Trinajstić information content (AvgIpc) is 3.37. The molecule has 2 aromatic heterocycles. The summed E-state index contributed by atoms with van der Waals surface area (Å²) in [5.74, 6) is 2.56. The first kappa shape index (κ1) is 17.7. The zero-order valence-corrected chi connectivity index (χ0v) is 15.8. The van der Waals surface area contributed by atoms with E-state index in [1.807, 2.05) is 28.9 Å². The Balaban J connectivity index is 1.68. The van der Waals surface area contributed by atoms with Crippen LogP contribution in [0, 0.1) is 0 Å². The Morgan fingerprint density at radius 1 is 1.15 bits per heavy atom. The summed E-state index contributed by atoms with van der Waals surface area (Å²) in [6, 6.07) is 12.2. The topological polar surface area (TPSA) is 74.8 Å². The van der Waals surface area contributed by atoms with Crippen LogP contribution in [0.2, 0.25) is 0 Å². The number of aromatic nitrogens is 4. The first-order valence-corrected chi connectivity index (χ1v) is 9.33. The maximum absolute atomic E-state index is 5.49. The second-order valence-electron chi connectivity index (χ2n) is 7.10. The van der Waals surface area contributed by atoms with Gasteiger partial charge < -0.3 is 19.0 Å². The van der Waals surface area contributed by atoms with Gasteiger partial charge in [-0.2, -0.15) is 0 Å². The number of methoxy groups -OCH3 is 1. The van der Waals surface area contributed by atoms with Crippen molar-refractivity contribution in [1.82, 2.24) is 20.2 Å². The van der Waals surface area contributed by atoms with Crippen LogP contribution in [0.3, 0.4) is 0 Å². The number of nitrogens with zero attached hydrogens (tertiary/aromatic N) is 4. The number of hydrogen-bond acceptors (Lipinski definition) is 5. The van der Waals surface area contributed by atoms with Crippen LogP contribution < -0.4 is 14.5 Å². The zero-order chi connectivity index (χ0) is 18.6. The number of rotatable bonds is 6. The molecule has 27 heavy (non-hydrogen) atoms. The lowest BCUT2D eigenvalue weighted by Gasteiger charge is -2.32. The normalized spacial score (nSPS) is 21.1. The van der Waals surface area contributed by atoms with Gasteiger partial charge in [-0.05, 0) is 46.8 Å². The average molecular weight is 370 g/mol. The molecule has 1 atom stereocenters. The fraction of sp³-hybridized carbons (Fsp3) is 0.421. The second-order valence-corrected chi connectivity index (χ2v) is 7.10. The van der Waals surface area contributed by atoms with Crippen LogP contribution in [0.15, 0.2) is 47.1 Å². The Labute approximate surface area is 158 Å². The van der Waals surface area contributed by atoms with Crippen LogP contribution >= 0.6 is 0 Å². The molecule has 1 aliphatic heterocycles. The van der Waals surface area contributed by atoms with E-state index < -0.39 is 0 Å². The molecule has 1 fully saturated rings. The first-order valence-electron chi connectivity index (χ1n) is 9.33. The number of ether oxygens (including phenoxy) is 1. The molecule has 1 aromatic carbocycles. The molecule has 8 heteroatoms. The summed E-state index contributed by atoms with van der Waals surface area (Å²) in [6.07, 6.45) is 1.68. The van der Waals surface area contributed by atoms with Crippen LogP contribution in [0.25, 0.3) is 0 Å². The molecule has 0 saturated carbocycles. The minimum absolute atomic E-state index is 0.0777. The number of quaternary nitrogens is 2. The molecule has 0 bridgehead atoms. The Hall–Kier alpha value is -2.71. The molecule has 1 saturated heterocycles. The molecule has 2 N–H and O–H groups in total. The van der Waals surface area contributed by atoms with Gasteiger partial charge in [-0.1, -0.05) is 0 Å². The van der Waals surface area contributed by atoms with Gasteiger partial charge in [0.05, 0.1) is 20.4 Å². The minimum Gasteiger partial charge on any atom is -0.497 e. The van der Waals surface area contributed by atoms with E-state index in [0.29, 0.717) is 6.54 Å². The summed E-state index contributed by atoms with van der Waals surface area (Å²) < 4.78 is 12.7. The minimum atomic E-state index is 0.0777. The molecule has 0 spiro atoms. The van der Waals surface area contributed by atoms with Gasteiger partial charge in [0.15, 0.2) is 6.04 Å². The quantitative estimate of drug-likeness (QED) is 0.572. The molecule has 4 rings (SSSR count). The summed E-state index contributed by atoms with van der Waals surface area (Å²) in [6.45, 7) is 4.97. The van der Waals surface area contributed by atoms with Crippen LogP contribution in [0.4, 0.5) is 0 Å². The van der Waals surface area contributed by atoms with Gasteiger partial charge >= 0.3 is 0 Å². The number of furan rings is 1. The lowest BCUT2D eigenvalue weighted by atomic mass is 10.0. The number of piperazine rings is 1. The van der Waals surface area contributed by atoms with E-state index in [9.17, 15) is 0 Å². The predicted molar refractivity (Wildman–Crippen MR) is 97.8 cm³/mol.